The van der Waals surface area contributed by atoms with Gasteiger partial charge in [-0.25, -0.2) is 0 Å². The number of nitrogens with zero attached hydrogens (tertiary/aromatic N) is 2. The number of rotatable bonds is 3. The molecule has 0 aromatic heterocycles. The van der Waals surface area contributed by atoms with Crippen molar-refractivity contribution in [2.24, 2.45) is 0 Å². The average molecular weight is 260 g/mol. The lowest BCUT2D eigenvalue weighted by Gasteiger charge is -2.33. The van der Waals surface area contributed by atoms with Crippen molar-refractivity contribution in [3.63, 3.8) is 0 Å². The molecule has 2 atom stereocenters. The summed E-state index contributed by atoms with van der Waals surface area (Å²) in [5.41, 5.74) is 0. The van der Waals surface area contributed by atoms with Gasteiger partial charge < -0.3 is 14.4 Å². The molecule has 1 aliphatic rings. The van der Waals surface area contributed by atoms with Crippen molar-refractivity contribution in [3.05, 3.63) is 24.3 Å². The molecular formula is C14H16N2O3. The van der Waals surface area contributed by atoms with Gasteiger partial charge in [-0.15, -0.1) is 0 Å². The van der Waals surface area contributed by atoms with Crippen LogP contribution in [0.5, 0.6) is 11.5 Å². The zero-order valence-electron chi connectivity index (χ0n) is 11.0. The Labute approximate surface area is 112 Å². The van der Waals surface area contributed by atoms with Gasteiger partial charge in [-0.3, -0.25) is 4.79 Å². The summed E-state index contributed by atoms with van der Waals surface area (Å²) in [6.07, 6.45) is -1.08. The maximum atomic E-state index is 12.3. The largest absolute Gasteiger partial charge is 0.482 e. The van der Waals surface area contributed by atoms with Crippen LogP contribution in [0.2, 0.25) is 0 Å². The predicted octanol–water partition coefficient (Wildman–Crippen LogP) is 1.59. The lowest BCUT2D eigenvalue weighted by molar-refractivity contribution is -0.143. The lowest BCUT2D eigenvalue weighted by atomic mass is 10.1. The summed E-state index contributed by atoms with van der Waals surface area (Å²) < 4.78 is 11.4. The van der Waals surface area contributed by atoms with Gasteiger partial charge in [0.15, 0.2) is 11.5 Å². The van der Waals surface area contributed by atoms with Crippen molar-refractivity contribution in [1.82, 2.24) is 4.90 Å². The molecule has 0 saturated carbocycles. The third-order valence-electron chi connectivity index (χ3n) is 3.04. The molecule has 0 radical (unpaired) electrons. The molecule has 1 aromatic rings. The van der Waals surface area contributed by atoms with Gasteiger partial charge in [-0.05, 0) is 26.0 Å². The highest BCUT2D eigenvalue weighted by Crippen LogP contribution is 2.33. The Morgan fingerprint density at radius 3 is 2.58 bits per heavy atom. The quantitative estimate of drug-likeness (QED) is 0.774. The molecule has 0 bridgehead atoms. The number of amides is 1. The van der Waals surface area contributed by atoms with Crippen LogP contribution in [0.1, 0.15) is 13.8 Å². The van der Waals surface area contributed by atoms with E-state index in [-0.39, 0.29) is 18.6 Å². The molecule has 2 rings (SSSR count). The summed E-state index contributed by atoms with van der Waals surface area (Å²) >= 11 is 0. The van der Waals surface area contributed by atoms with Gasteiger partial charge in [-0.1, -0.05) is 12.1 Å². The Kier molecular flexibility index (Phi) is 3.91. The number of ether oxygens (including phenoxy) is 2. The first-order chi connectivity index (χ1) is 9.17. The summed E-state index contributed by atoms with van der Waals surface area (Å²) in [5.74, 6) is 0.986. The third-order valence-corrected chi connectivity index (χ3v) is 3.04. The zero-order chi connectivity index (χ0) is 13.8. The highest BCUT2D eigenvalue weighted by Gasteiger charge is 2.36. The van der Waals surface area contributed by atoms with Crippen LogP contribution in [0, 0.1) is 11.3 Å². The molecule has 1 aliphatic heterocycles. The number of para-hydroxylation sites is 2. The Morgan fingerprint density at radius 1 is 1.37 bits per heavy atom. The summed E-state index contributed by atoms with van der Waals surface area (Å²) in [4.78, 5) is 13.8. The number of hydrogen-bond acceptors (Lipinski definition) is 4. The van der Waals surface area contributed by atoms with E-state index in [0.717, 1.165) is 0 Å². The summed E-state index contributed by atoms with van der Waals surface area (Å²) in [5, 5.41) is 8.72. The monoisotopic (exact) mass is 260 g/mol. The minimum absolute atomic E-state index is 0.0591. The van der Waals surface area contributed by atoms with Crippen molar-refractivity contribution in [2.75, 3.05) is 13.1 Å². The number of benzene rings is 1. The van der Waals surface area contributed by atoms with Crippen molar-refractivity contribution in [1.29, 1.82) is 5.26 Å². The van der Waals surface area contributed by atoms with Gasteiger partial charge >= 0.3 is 0 Å². The van der Waals surface area contributed by atoms with Crippen LogP contribution >= 0.6 is 0 Å². The van der Waals surface area contributed by atoms with Crippen LogP contribution in [0.3, 0.4) is 0 Å². The second-order valence-electron chi connectivity index (χ2n) is 4.32. The summed E-state index contributed by atoms with van der Waals surface area (Å²) in [6, 6.07) is 9.23. The standard InChI is InChI=1S/C14H16N2O3/c1-3-16(9-8-15)14(17)13-10(2)18-11-6-4-5-7-12(11)19-13/h4-7,10,13H,3,9H2,1-2H3/t10-,13+/m1/s1. The number of nitriles is 1. The van der Waals surface area contributed by atoms with Crippen molar-refractivity contribution in [3.8, 4) is 17.6 Å². The van der Waals surface area contributed by atoms with E-state index in [1.807, 2.05) is 25.1 Å². The van der Waals surface area contributed by atoms with Crippen LogP contribution in [0.4, 0.5) is 0 Å². The highest BCUT2D eigenvalue weighted by molar-refractivity contribution is 5.82. The fourth-order valence-electron chi connectivity index (χ4n) is 2.00. The molecule has 0 saturated heterocycles. The second-order valence-corrected chi connectivity index (χ2v) is 4.32. The number of carbonyl (C=O) groups excluding carboxylic acids is 1. The van der Waals surface area contributed by atoms with Crippen molar-refractivity contribution >= 4 is 5.91 Å². The normalized spacial score (nSPS) is 20.5. The van der Waals surface area contributed by atoms with Gasteiger partial charge in [0, 0.05) is 6.54 Å². The van der Waals surface area contributed by atoms with E-state index in [2.05, 4.69) is 0 Å². The third kappa shape index (κ3) is 2.63. The molecule has 0 unspecified atom stereocenters. The van der Waals surface area contributed by atoms with Gasteiger partial charge in [0.1, 0.15) is 12.6 Å². The Bertz CT molecular complexity index is 510. The van der Waals surface area contributed by atoms with E-state index in [1.165, 1.54) is 4.90 Å². The molecule has 1 amide bonds. The first kappa shape index (κ1) is 13.2. The molecular weight excluding hydrogens is 244 g/mol. The second kappa shape index (κ2) is 5.61. The van der Waals surface area contributed by atoms with Crippen molar-refractivity contribution < 1.29 is 14.3 Å². The predicted molar refractivity (Wildman–Crippen MR) is 68.8 cm³/mol. The molecule has 1 aromatic carbocycles. The Hall–Kier alpha value is -2.22. The Morgan fingerprint density at radius 2 is 2.00 bits per heavy atom. The molecule has 0 spiro atoms. The number of fused-ring (bicyclic) bond motifs is 1. The zero-order valence-corrected chi connectivity index (χ0v) is 11.0. The van der Waals surface area contributed by atoms with E-state index in [0.29, 0.717) is 18.0 Å². The van der Waals surface area contributed by atoms with Gasteiger partial charge in [0.05, 0.1) is 6.07 Å². The summed E-state index contributed by atoms with van der Waals surface area (Å²) in [6.45, 7) is 4.15. The van der Waals surface area contributed by atoms with Crippen LogP contribution in [-0.2, 0) is 4.79 Å². The first-order valence-corrected chi connectivity index (χ1v) is 6.25. The first-order valence-electron chi connectivity index (χ1n) is 6.25. The molecule has 19 heavy (non-hydrogen) atoms. The summed E-state index contributed by atoms with van der Waals surface area (Å²) in [7, 11) is 0. The fourth-order valence-corrected chi connectivity index (χ4v) is 2.00. The molecule has 5 heteroatoms. The minimum Gasteiger partial charge on any atom is -0.482 e. The SMILES string of the molecule is CCN(CC#N)C(=O)[C@H]1Oc2ccccc2O[C@@H]1C. The molecule has 0 fully saturated rings. The van der Waals surface area contributed by atoms with Gasteiger partial charge in [0.2, 0.25) is 6.10 Å². The molecule has 0 N–H and O–H groups in total. The molecule has 1 heterocycles. The van der Waals surface area contributed by atoms with Gasteiger partial charge in [0.25, 0.3) is 5.91 Å². The van der Waals surface area contributed by atoms with Crippen LogP contribution < -0.4 is 9.47 Å². The number of carbonyl (C=O) groups is 1. The molecule has 0 aliphatic carbocycles. The topological polar surface area (TPSA) is 62.6 Å². The van der Waals surface area contributed by atoms with E-state index < -0.39 is 6.10 Å². The van der Waals surface area contributed by atoms with Crippen LogP contribution in [-0.4, -0.2) is 36.1 Å². The Balaban J connectivity index is 2.18. The molecule has 100 valence electrons. The maximum Gasteiger partial charge on any atom is 0.268 e. The van der Waals surface area contributed by atoms with Crippen molar-refractivity contribution in [2.45, 2.75) is 26.1 Å². The van der Waals surface area contributed by atoms with Crippen LogP contribution in [0.15, 0.2) is 24.3 Å². The van der Waals surface area contributed by atoms with E-state index in [9.17, 15) is 4.79 Å². The average Bonchev–Trinajstić information content (AvgIpc) is 2.43. The lowest BCUT2D eigenvalue weighted by Crippen LogP contribution is -2.50. The number of likely N-dealkylation sites (N-methyl/N-ethyl adjacent to an activating group) is 1. The van der Waals surface area contributed by atoms with E-state index >= 15 is 0 Å². The highest BCUT2D eigenvalue weighted by atomic mass is 16.6. The van der Waals surface area contributed by atoms with E-state index in [1.54, 1.807) is 19.1 Å². The molecule has 5 nitrogen and oxygen atoms in total. The minimum atomic E-state index is -0.705. The smallest absolute Gasteiger partial charge is 0.268 e. The van der Waals surface area contributed by atoms with Gasteiger partial charge in [-0.2, -0.15) is 5.26 Å². The number of hydrogen-bond donors (Lipinski definition) is 0. The fraction of sp³-hybridized carbons (Fsp3) is 0.429. The van der Waals surface area contributed by atoms with E-state index in [4.69, 9.17) is 14.7 Å². The maximum absolute atomic E-state index is 12.3. The van der Waals surface area contributed by atoms with Crippen LogP contribution in [0.25, 0.3) is 0 Å².